The van der Waals surface area contributed by atoms with E-state index in [1.165, 1.54) is 0 Å². The Hall–Kier alpha value is -2.10. The molecule has 5 heteroatoms. The van der Waals surface area contributed by atoms with Gasteiger partial charge in [-0.05, 0) is 0 Å². The third kappa shape index (κ3) is 2.43. The van der Waals surface area contributed by atoms with Gasteiger partial charge in [0.2, 0.25) is 0 Å². The van der Waals surface area contributed by atoms with E-state index in [0.29, 0.717) is 11.6 Å². The monoisotopic (exact) mass is 358 g/mol. The second kappa shape index (κ2) is 5.27. The van der Waals surface area contributed by atoms with Crippen LogP contribution in [0.25, 0.3) is 15.3 Å². The Kier molecular flexibility index (Phi) is 3.25. The molecule has 3 aromatic rings. The van der Waals surface area contributed by atoms with Gasteiger partial charge in [0.05, 0.1) is 0 Å². The van der Waals surface area contributed by atoms with Gasteiger partial charge in [0.25, 0.3) is 0 Å². The first kappa shape index (κ1) is 13.6. The van der Waals surface area contributed by atoms with Gasteiger partial charge >= 0.3 is 133 Å². The van der Waals surface area contributed by atoms with E-state index in [1.54, 1.807) is 15.7 Å². The van der Waals surface area contributed by atoms with E-state index in [-0.39, 0.29) is 26.2 Å². The molecule has 0 bridgehead atoms. The van der Waals surface area contributed by atoms with Crippen LogP contribution in [0.2, 0.25) is 0 Å². The molecule has 1 saturated carbocycles. The second-order valence-corrected chi connectivity index (χ2v) is 7.55. The Morgan fingerprint density at radius 2 is 1.82 bits per heavy atom. The van der Waals surface area contributed by atoms with Crippen LogP contribution in [0.5, 0.6) is 0 Å². The molecule has 0 unspecified atom stereocenters. The maximum absolute atomic E-state index is 12.4. The molecule has 0 aliphatic heterocycles. The summed E-state index contributed by atoms with van der Waals surface area (Å²) in [5, 5.41) is 3.76. The van der Waals surface area contributed by atoms with Crippen LogP contribution in [0, 0.1) is 0 Å². The SMILES string of the molecule is O=C(NC1CC1)c1ccc(-n2[se]c3ccccc3c2=O)cc1. The number of carbonyl (C=O) groups excluding carboxylic acids is 1. The number of hydrogen-bond acceptors (Lipinski definition) is 2. The summed E-state index contributed by atoms with van der Waals surface area (Å²) in [4.78, 5) is 24.4. The first-order chi connectivity index (χ1) is 10.7. The summed E-state index contributed by atoms with van der Waals surface area (Å²) < 4.78 is 2.91. The number of benzene rings is 2. The molecule has 1 aromatic heterocycles. The topological polar surface area (TPSA) is 51.1 Å². The minimum atomic E-state index is -0.0362. The predicted octanol–water partition coefficient (Wildman–Crippen LogP) is 1.94. The minimum absolute atomic E-state index is 0.0319. The van der Waals surface area contributed by atoms with Crippen LogP contribution < -0.4 is 10.9 Å². The summed E-state index contributed by atoms with van der Waals surface area (Å²) in [5.74, 6) is -0.0319. The Morgan fingerprint density at radius 1 is 1.09 bits per heavy atom. The van der Waals surface area contributed by atoms with Crippen LogP contribution in [0.1, 0.15) is 23.2 Å². The molecule has 2 aromatic carbocycles. The summed E-state index contributed by atoms with van der Waals surface area (Å²) in [7, 11) is 0. The molecule has 0 atom stereocenters. The van der Waals surface area contributed by atoms with Crippen molar-refractivity contribution in [3.05, 3.63) is 64.4 Å². The van der Waals surface area contributed by atoms with Gasteiger partial charge in [-0.3, -0.25) is 0 Å². The van der Waals surface area contributed by atoms with Crippen molar-refractivity contribution in [3.63, 3.8) is 0 Å². The molecule has 22 heavy (non-hydrogen) atoms. The maximum atomic E-state index is 12.4. The zero-order chi connectivity index (χ0) is 15.1. The van der Waals surface area contributed by atoms with E-state index in [1.807, 2.05) is 36.4 Å². The van der Waals surface area contributed by atoms with Crippen molar-refractivity contribution >= 4 is 30.3 Å². The normalized spacial score (nSPS) is 14.2. The molecule has 4 nitrogen and oxygen atoms in total. The first-order valence-corrected chi connectivity index (χ1v) is 8.87. The van der Waals surface area contributed by atoms with Crippen molar-refractivity contribution in [2.45, 2.75) is 18.9 Å². The molecule has 1 aliphatic rings. The van der Waals surface area contributed by atoms with E-state index in [0.717, 1.165) is 28.2 Å². The second-order valence-electron chi connectivity index (χ2n) is 5.48. The fourth-order valence-corrected chi connectivity index (χ4v) is 4.48. The molecule has 1 heterocycles. The number of aromatic nitrogens is 1. The summed E-state index contributed by atoms with van der Waals surface area (Å²) in [6.07, 6.45) is 2.15. The van der Waals surface area contributed by atoms with Gasteiger partial charge in [-0.15, -0.1) is 0 Å². The van der Waals surface area contributed by atoms with Crippen molar-refractivity contribution in [1.82, 2.24) is 8.88 Å². The van der Waals surface area contributed by atoms with Gasteiger partial charge in [0.1, 0.15) is 0 Å². The van der Waals surface area contributed by atoms with Gasteiger partial charge in [-0.2, -0.15) is 0 Å². The summed E-state index contributed by atoms with van der Waals surface area (Å²) >= 11 is -0.0362. The van der Waals surface area contributed by atoms with Gasteiger partial charge in [0, 0.05) is 0 Å². The number of nitrogens with one attached hydrogen (secondary N) is 1. The van der Waals surface area contributed by atoms with Crippen molar-refractivity contribution in [2.75, 3.05) is 0 Å². The Labute approximate surface area is 133 Å². The molecule has 1 amide bonds. The summed E-state index contributed by atoms with van der Waals surface area (Å²) in [6.45, 7) is 0. The fraction of sp³-hybridized carbons (Fsp3) is 0.176. The number of hydrogen-bond donors (Lipinski definition) is 1. The zero-order valence-electron chi connectivity index (χ0n) is 11.8. The molecule has 4 rings (SSSR count). The average Bonchev–Trinajstić information content (AvgIpc) is 3.30. The fourth-order valence-electron chi connectivity index (χ4n) is 2.39. The van der Waals surface area contributed by atoms with Gasteiger partial charge < -0.3 is 0 Å². The molecule has 0 spiro atoms. The zero-order valence-corrected chi connectivity index (χ0v) is 13.5. The molecule has 0 saturated heterocycles. The number of fused-ring (bicyclic) bond motifs is 1. The predicted molar refractivity (Wildman–Crippen MR) is 87.0 cm³/mol. The molecule has 110 valence electrons. The van der Waals surface area contributed by atoms with Crippen LogP contribution in [0.4, 0.5) is 0 Å². The van der Waals surface area contributed by atoms with Crippen molar-refractivity contribution in [1.29, 1.82) is 0 Å². The summed E-state index contributed by atoms with van der Waals surface area (Å²) in [5.41, 5.74) is 1.54. The van der Waals surface area contributed by atoms with Gasteiger partial charge in [0.15, 0.2) is 0 Å². The van der Waals surface area contributed by atoms with Gasteiger partial charge in [-0.1, -0.05) is 0 Å². The quantitative estimate of drug-likeness (QED) is 0.729. The molecular formula is C17H14N2O2Se. The van der Waals surface area contributed by atoms with Crippen molar-refractivity contribution in [2.24, 2.45) is 0 Å². The molecule has 1 aliphatic carbocycles. The van der Waals surface area contributed by atoms with Crippen molar-refractivity contribution in [3.8, 4) is 5.69 Å². The molecule has 1 fully saturated rings. The van der Waals surface area contributed by atoms with Crippen LogP contribution in [0.3, 0.4) is 0 Å². The molecule has 1 N–H and O–H groups in total. The van der Waals surface area contributed by atoms with Gasteiger partial charge in [-0.25, -0.2) is 0 Å². The van der Waals surface area contributed by atoms with Crippen LogP contribution in [-0.4, -0.2) is 30.2 Å². The Bertz CT molecular complexity index is 904. The summed E-state index contributed by atoms with van der Waals surface area (Å²) in [6, 6.07) is 15.4. The molecule has 0 radical (unpaired) electrons. The van der Waals surface area contributed by atoms with E-state index in [9.17, 15) is 9.59 Å². The third-order valence-electron chi connectivity index (χ3n) is 3.77. The number of carbonyl (C=O) groups is 1. The number of amides is 1. The average molecular weight is 357 g/mol. The van der Waals surface area contributed by atoms with E-state index >= 15 is 0 Å². The van der Waals surface area contributed by atoms with Crippen molar-refractivity contribution < 1.29 is 4.79 Å². The number of nitrogens with zero attached hydrogens (tertiary/aromatic N) is 1. The van der Waals surface area contributed by atoms with E-state index < -0.39 is 0 Å². The Morgan fingerprint density at radius 3 is 2.50 bits per heavy atom. The first-order valence-electron chi connectivity index (χ1n) is 7.25. The van der Waals surface area contributed by atoms with Crippen LogP contribution in [-0.2, 0) is 0 Å². The van der Waals surface area contributed by atoms with E-state index in [4.69, 9.17) is 0 Å². The Balaban J connectivity index is 1.68. The van der Waals surface area contributed by atoms with E-state index in [2.05, 4.69) is 5.32 Å². The van der Waals surface area contributed by atoms with Crippen LogP contribution >= 0.6 is 0 Å². The standard InChI is InChI=1S/C17H14N2O2Se/c20-16(18-12-7-8-12)11-5-9-13(10-6-11)19-17(21)14-3-1-2-4-15(14)22-19/h1-6,9-10,12H,7-8H2,(H,18,20). The van der Waals surface area contributed by atoms with Crippen LogP contribution in [0.15, 0.2) is 53.3 Å². The third-order valence-corrected chi connectivity index (χ3v) is 6.10. The molecular weight excluding hydrogens is 343 g/mol. The number of rotatable bonds is 3.